The van der Waals surface area contributed by atoms with Gasteiger partial charge in [-0.15, -0.1) is 11.3 Å². The summed E-state index contributed by atoms with van der Waals surface area (Å²) in [6, 6.07) is 18.0. The van der Waals surface area contributed by atoms with E-state index in [1.54, 1.807) is 12.1 Å². The normalized spacial score (nSPS) is 14.8. The molecule has 236 valence electrons. The lowest BCUT2D eigenvalue weighted by atomic mass is 10.0. The predicted molar refractivity (Wildman–Crippen MR) is 178 cm³/mol. The summed E-state index contributed by atoms with van der Waals surface area (Å²) in [6.07, 6.45) is 2.75. The Morgan fingerprint density at radius 1 is 1.14 bits per heavy atom. The molecule has 44 heavy (non-hydrogen) atoms. The van der Waals surface area contributed by atoms with Crippen molar-refractivity contribution in [3.05, 3.63) is 82.2 Å². The molecular weight excluding hydrogens is 597 g/mol. The summed E-state index contributed by atoms with van der Waals surface area (Å²) in [7, 11) is -3.66. The smallest absolute Gasteiger partial charge is 0.260 e. The molecule has 1 atom stereocenters. The van der Waals surface area contributed by atoms with Crippen molar-refractivity contribution in [3.63, 3.8) is 0 Å². The van der Waals surface area contributed by atoms with E-state index in [-0.39, 0.29) is 24.9 Å². The molecule has 1 unspecified atom stereocenters. The minimum atomic E-state index is -3.66. The van der Waals surface area contributed by atoms with E-state index in [2.05, 4.69) is 27.9 Å². The molecule has 0 saturated carbocycles. The van der Waals surface area contributed by atoms with Gasteiger partial charge in [-0.1, -0.05) is 63.2 Å². The first-order chi connectivity index (χ1) is 20.7. The SMILES string of the molecule is C.CCCc1cc(N2CCC(NCC(O)c3ccc(S(=O)(=O)NCc4ccccc4)cc3)CC2)nc2sc(C(N)=O)c(N)c12. The fraction of sp³-hybridized carbons (Fsp3) is 0.375. The molecule has 0 bridgehead atoms. The van der Waals surface area contributed by atoms with Crippen LogP contribution in [0.2, 0.25) is 0 Å². The highest BCUT2D eigenvalue weighted by atomic mass is 32.2. The number of rotatable bonds is 12. The monoisotopic (exact) mass is 638 g/mol. The summed E-state index contributed by atoms with van der Waals surface area (Å²) in [4.78, 5) is 20.2. The maximum atomic E-state index is 12.7. The quantitative estimate of drug-likeness (QED) is 0.153. The standard InChI is InChI=1S/C31H38N6O4S2.CH4/c1-2-6-22-17-26(36-31-27(22)28(32)29(42-31)30(33)39)37-15-13-23(14-16-37)34-19-25(38)21-9-11-24(12-10-21)43(40,41)35-18-20-7-4-3-5-8-20;/h3-5,7-12,17,23,25,34-35,38H,2,6,13-16,18-19,32H2,1H3,(H2,33,39);1H4. The topological polar surface area (TPSA) is 164 Å². The van der Waals surface area contributed by atoms with Gasteiger partial charge in [0.25, 0.3) is 5.91 Å². The highest BCUT2D eigenvalue weighted by Gasteiger charge is 2.24. The Morgan fingerprint density at radius 3 is 2.45 bits per heavy atom. The lowest BCUT2D eigenvalue weighted by Crippen LogP contribution is -2.44. The third-order valence-electron chi connectivity index (χ3n) is 7.81. The van der Waals surface area contributed by atoms with E-state index < -0.39 is 22.0 Å². The number of nitrogens with two attached hydrogens (primary N) is 2. The van der Waals surface area contributed by atoms with Gasteiger partial charge in [0.1, 0.15) is 15.5 Å². The number of pyridine rings is 1. The molecule has 0 spiro atoms. The number of aromatic nitrogens is 1. The molecule has 12 heteroatoms. The van der Waals surface area contributed by atoms with Crippen LogP contribution in [0.5, 0.6) is 0 Å². The number of fused-ring (bicyclic) bond motifs is 1. The number of aliphatic hydroxyl groups is 1. The number of hydrogen-bond donors (Lipinski definition) is 5. The zero-order valence-corrected chi connectivity index (χ0v) is 25.8. The van der Waals surface area contributed by atoms with Crippen molar-refractivity contribution in [2.75, 3.05) is 30.3 Å². The Balaban J connectivity index is 0.00000442. The molecule has 3 heterocycles. The number of aryl methyl sites for hydroxylation is 1. The number of amides is 1. The van der Waals surface area contributed by atoms with Crippen LogP contribution in [0, 0.1) is 0 Å². The van der Waals surface area contributed by atoms with E-state index in [1.807, 2.05) is 30.3 Å². The fourth-order valence-corrected chi connectivity index (χ4v) is 7.44. The maximum Gasteiger partial charge on any atom is 0.260 e. The summed E-state index contributed by atoms with van der Waals surface area (Å²) in [5, 5.41) is 15.1. The molecule has 1 fully saturated rings. The minimum absolute atomic E-state index is 0. The van der Waals surface area contributed by atoms with Crippen LogP contribution in [0.4, 0.5) is 11.5 Å². The number of benzene rings is 2. The van der Waals surface area contributed by atoms with Gasteiger partial charge in [-0.2, -0.15) is 0 Å². The van der Waals surface area contributed by atoms with E-state index >= 15 is 0 Å². The number of carbonyl (C=O) groups excluding carboxylic acids is 1. The molecule has 2 aromatic carbocycles. The zero-order chi connectivity index (χ0) is 30.6. The van der Waals surface area contributed by atoms with E-state index in [1.165, 1.54) is 23.5 Å². The van der Waals surface area contributed by atoms with Crippen molar-refractivity contribution in [1.29, 1.82) is 0 Å². The first-order valence-electron chi connectivity index (χ1n) is 14.5. The van der Waals surface area contributed by atoms with Gasteiger partial charge in [0.05, 0.1) is 16.7 Å². The summed E-state index contributed by atoms with van der Waals surface area (Å²) in [5.41, 5.74) is 14.8. The van der Waals surface area contributed by atoms with Gasteiger partial charge >= 0.3 is 0 Å². The van der Waals surface area contributed by atoms with Gasteiger partial charge in [0.15, 0.2) is 0 Å². The molecule has 1 amide bonds. The average molecular weight is 639 g/mol. The number of primary amides is 1. The van der Waals surface area contributed by atoms with Crippen molar-refractivity contribution < 1.29 is 18.3 Å². The van der Waals surface area contributed by atoms with Crippen molar-refractivity contribution >= 4 is 49.0 Å². The van der Waals surface area contributed by atoms with Crippen LogP contribution < -0.4 is 26.4 Å². The predicted octanol–water partition coefficient (Wildman–Crippen LogP) is 4.34. The second-order valence-electron chi connectivity index (χ2n) is 10.8. The van der Waals surface area contributed by atoms with Gasteiger partial charge in [-0.3, -0.25) is 4.79 Å². The number of nitrogens with one attached hydrogen (secondary N) is 2. The second kappa shape index (κ2) is 14.5. The lowest BCUT2D eigenvalue weighted by Gasteiger charge is -2.34. The van der Waals surface area contributed by atoms with Crippen molar-refractivity contribution in [1.82, 2.24) is 15.0 Å². The van der Waals surface area contributed by atoms with E-state index in [4.69, 9.17) is 16.5 Å². The van der Waals surface area contributed by atoms with Crippen LogP contribution in [0.1, 0.15) is 66.1 Å². The van der Waals surface area contributed by atoms with Crippen molar-refractivity contribution in [3.8, 4) is 0 Å². The van der Waals surface area contributed by atoms with E-state index in [9.17, 15) is 18.3 Å². The van der Waals surface area contributed by atoms with Crippen molar-refractivity contribution in [2.24, 2.45) is 5.73 Å². The van der Waals surface area contributed by atoms with E-state index in [0.29, 0.717) is 22.7 Å². The molecule has 1 aliphatic heterocycles. The Morgan fingerprint density at radius 2 is 1.82 bits per heavy atom. The number of aliphatic hydroxyl groups excluding tert-OH is 1. The zero-order valence-electron chi connectivity index (χ0n) is 24.1. The highest BCUT2D eigenvalue weighted by Crippen LogP contribution is 2.37. The molecule has 0 aliphatic carbocycles. The Labute approximate surface area is 263 Å². The number of thiophene rings is 1. The van der Waals surface area contributed by atoms with Crippen LogP contribution >= 0.6 is 11.3 Å². The maximum absolute atomic E-state index is 12.7. The molecular formula is C32H42N6O4S2. The molecule has 1 aliphatic rings. The Hall–Kier alpha value is -3.55. The first kappa shape index (κ1) is 33.3. The summed E-state index contributed by atoms with van der Waals surface area (Å²) < 4.78 is 28.0. The number of nitrogens with zero attached hydrogens (tertiary/aromatic N) is 2. The molecule has 1 saturated heterocycles. The number of carbonyl (C=O) groups is 1. The first-order valence-corrected chi connectivity index (χ1v) is 16.8. The summed E-state index contributed by atoms with van der Waals surface area (Å²) >= 11 is 1.25. The van der Waals surface area contributed by atoms with Crippen LogP contribution in [0.15, 0.2) is 65.6 Å². The van der Waals surface area contributed by atoms with Gasteiger partial charge in [0, 0.05) is 37.6 Å². The Kier molecular flexibility index (Phi) is 11.0. The highest BCUT2D eigenvalue weighted by molar-refractivity contribution is 7.89. The minimum Gasteiger partial charge on any atom is -0.397 e. The average Bonchev–Trinajstić information content (AvgIpc) is 3.36. The fourth-order valence-electron chi connectivity index (χ4n) is 5.43. The second-order valence-corrected chi connectivity index (χ2v) is 13.6. The van der Waals surface area contributed by atoms with Gasteiger partial charge in [0.2, 0.25) is 10.0 Å². The van der Waals surface area contributed by atoms with Crippen molar-refractivity contribution in [2.45, 2.75) is 63.6 Å². The molecule has 4 aromatic rings. The number of piperidine rings is 1. The largest absolute Gasteiger partial charge is 0.397 e. The number of sulfonamides is 1. The molecule has 5 rings (SSSR count). The summed E-state index contributed by atoms with van der Waals surface area (Å²) in [5.74, 6) is 0.343. The number of anilines is 2. The van der Waals surface area contributed by atoms with Crippen LogP contribution in [0.25, 0.3) is 10.2 Å². The van der Waals surface area contributed by atoms with Gasteiger partial charge < -0.3 is 26.8 Å². The van der Waals surface area contributed by atoms with E-state index in [0.717, 1.165) is 65.9 Å². The Bertz CT molecular complexity index is 1670. The van der Waals surface area contributed by atoms with Crippen LogP contribution in [-0.4, -0.2) is 50.1 Å². The number of nitrogen functional groups attached to an aromatic ring is 1. The molecule has 10 nitrogen and oxygen atoms in total. The molecule has 0 radical (unpaired) electrons. The lowest BCUT2D eigenvalue weighted by molar-refractivity contribution is 0.100. The molecule has 2 aromatic heterocycles. The van der Waals surface area contributed by atoms with Gasteiger partial charge in [-0.05, 0) is 54.2 Å². The number of hydrogen-bond acceptors (Lipinski definition) is 9. The van der Waals surface area contributed by atoms with Crippen LogP contribution in [0.3, 0.4) is 0 Å². The third kappa shape index (κ3) is 7.56. The van der Waals surface area contributed by atoms with Crippen LogP contribution in [-0.2, 0) is 23.0 Å². The third-order valence-corrected chi connectivity index (χ3v) is 10.3. The van der Waals surface area contributed by atoms with Gasteiger partial charge in [-0.25, -0.2) is 18.1 Å². The summed E-state index contributed by atoms with van der Waals surface area (Å²) in [6.45, 7) is 4.27. The molecule has 7 N–H and O–H groups in total.